The monoisotopic (exact) mass is 365 g/mol. The Labute approximate surface area is 155 Å². The van der Waals surface area contributed by atoms with Crippen molar-refractivity contribution in [1.82, 2.24) is 15.2 Å². The SMILES string of the molecule is CCN(CC(=O)NC(C)(C)C)C(=O)c1[nH]c(C)c(C(=O)OC(C)C)c1C. The lowest BCUT2D eigenvalue weighted by Gasteiger charge is -2.25. The number of ether oxygens (including phenoxy) is 1. The van der Waals surface area contributed by atoms with E-state index in [9.17, 15) is 14.4 Å². The first-order valence-electron chi connectivity index (χ1n) is 8.87. The molecule has 0 saturated carbocycles. The quantitative estimate of drug-likeness (QED) is 0.758. The minimum atomic E-state index is -0.459. The van der Waals surface area contributed by atoms with Gasteiger partial charge < -0.3 is 19.9 Å². The van der Waals surface area contributed by atoms with Crippen LogP contribution in [0.15, 0.2) is 0 Å². The molecule has 7 nitrogen and oxygen atoms in total. The Kier molecular flexibility index (Phi) is 7.00. The van der Waals surface area contributed by atoms with Crippen molar-refractivity contribution in [3.8, 4) is 0 Å². The first kappa shape index (κ1) is 21.7. The van der Waals surface area contributed by atoms with E-state index >= 15 is 0 Å². The van der Waals surface area contributed by atoms with E-state index < -0.39 is 5.97 Å². The number of aromatic nitrogens is 1. The van der Waals surface area contributed by atoms with Crippen LogP contribution in [-0.2, 0) is 9.53 Å². The molecule has 2 N–H and O–H groups in total. The smallest absolute Gasteiger partial charge is 0.340 e. The van der Waals surface area contributed by atoms with Crippen LogP contribution in [0.2, 0.25) is 0 Å². The fourth-order valence-electron chi connectivity index (χ4n) is 2.66. The van der Waals surface area contributed by atoms with E-state index in [1.165, 1.54) is 4.90 Å². The first-order valence-corrected chi connectivity index (χ1v) is 8.87. The molecular weight excluding hydrogens is 334 g/mol. The summed E-state index contributed by atoms with van der Waals surface area (Å²) in [7, 11) is 0. The number of carbonyl (C=O) groups is 3. The molecular formula is C19H31N3O4. The molecule has 0 unspecified atom stereocenters. The summed E-state index contributed by atoms with van der Waals surface area (Å²) < 4.78 is 5.25. The summed E-state index contributed by atoms with van der Waals surface area (Å²) in [5.74, 6) is -1.01. The molecule has 0 fully saturated rings. The summed E-state index contributed by atoms with van der Waals surface area (Å²) in [6.45, 7) is 14.8. The van der Waals surface area contributed by atoms with Crippen molar-refractivity contribution < 1.29 is 19.1 Å². The van der Waals surface area contributed by atoms with E-state index in [1.807, 2.05) is 20.8 Å². The van der Waals surface area contributed by atoms with Crippen LogP contribution in [-0.4, -0.2) is 52.4 Å². The van der Waals surface area contributed by atoms with Crippen LogP contribution in [0.1, 0.15) is 73.6 Å². The van der Waals surface area contributed by atoms with Crippen LogP contribution in [0.25, 0.3) is 0 Å². The maximum atomic E-state index is 12.9. The average molecular weight is 365 g/mol. The van der Waals surface area contributed by atoms with E-state index in [2.05, 4.69) is 10.3 Å². The number of amides is 2. The van der Waals surface area contributed by atoms with Crippen molar-refractivity contribution in [3.05, 3.63) is 22.5 Å². The van der Waals surface area contributed by atoms with Gasteiger partial charge in [0.05, 0.1) is 18.2 Å². The Morgan fingerprint density at radius 1 is 1.19 bits per heavy atom. The topological polar surface area (TPSA) is 91.5 Å². The summed E-state index contributed by atoms with van der Waals surface area (Å²) in [5, 5.41) is 2.84. The van der Waals surface area contributed by atoms with Gasteiger partial charge in [0, 0.05) is 17.8 Å². The molecule has 0 radical (unpaired) electrons. The Balaban J connectivity index is 3.04. The standard InChI is InChI=1S/C19H31N3O4/c1-9-22(10-14(23)21-19(6,7)8)17(24)16-12(4)15(13(5)20-16)18(25)26-11(2)3/h11,20H,9-10H2,1-8H3,(H,21,23). The Bertz CT molecular complexity index is 684. The lowest BCUT2D eigenvalue weighted by molar-refractivity contribution is -0.123. The van der Waals surface area contributed by atoms with Gasteiger partial charge in [0.2, 0.25) is 5.91 Å². The van der Waals surface area contributed by atoms with Crippen molar-refractivity contribution >= 4 is 17.8 Å². The second-order valence-corrected chi connectivity index (χ2v) is 7.70. The summed E-state index contributed by atoms with van der Waals surface area (Å²) in [6.07, 6.45) is -0.247. The van der Waals surface area contributed by atoms with E-state index in [0.717, 1.165) is 0 Å². The largest absolute Gasteiger partial charge is 0.459 e. The number of aryl methyl sites for hydroxylation is 1. The molecule has 0 spiro atoms. The number of hydrogen-bond acceptors (Lipinski definition) is 4. The molecule has 0 aliphatic carbocycles. The number of rotatable bonds is 6. The molecule has 2 amide bonds. The second-order valence-electron chi connectivity index (χ2n) is 7.70. The van der Waals surface area contributed by atoms with Crippen LogP contribution < -0.4 is 5.32 Å². The normalized spacial score (nSPS) is 11.4. The van der Waals surface area contributed by atoms with Crippen molar-refractivity contribution in [3.63, 3.8) is 0 Å². The molecule has 0 atom stereocenters. The molecule has 0 bridgehead atoms. The van der Waals surface area contributed by atoms with Crippen molar-refractivity contribution in [2.75, 3.05) is 13.1 Å². The molecule has 1 heterocycles. The number of hydrogen-bond donors (Lipinski definition) is 2. The van der Waals surface area contributed by atoms with Crippen molar-refractivity contribution in [1.29, 1.82) is 0 Å². The molecule has 7 heteroatoms. The maximum Gasteiger partial charge on any atom is 0.340 e. The Morgan fingerprint density at radius 2 is 1.77 bits per heavy atom. The highest BCUT2D eigenvalue weighted by Crippen LogP contribution is 2.21. The van der Waals surface area contributed by atoms with E-state index in [4.69, 9.17) is 4.74 Å². The molecule has 146 valence electrons. The van der Waals surface area contributed by atoms with Crippen molar-refractivity contribution in [2.24, 2.45) is 0 Å². The minimum Gasteiger partial charge on any atom is -0.459 e. The molecule has 1 aromatic heterocycles. The lowest BCUT2D eigenvalue weighted by Crippen LogP contribution is -2.47. The summed E-state index contributed by atoms with van der Waals surface area (Å²) in [6, 6.07) is 0. The van der Waals surface area contributed by atoms with Gasteiger partial charge in [-0.05, 0) is 61.0 Å². The maximum absolute atomic E-state index is 12.9. The molecule has 26 heavy (non-hydrogen) atoms. The fraction of sp³-hybridized carbons (Fsp3) is 0.632. The van der Waals surface area contributed by atoms with Gasteiger partial charge in [-0.1, -0.05) is 0 Å². The van der Waals surface area contributed by atoms with E-state index in [1.54, 1.807) is 34.6 Å². The van der Waals surface area contributed by atoms with Gasteiger partial charge in [0.25, 0.3) is 5.91 Å². The predicted molar refractivity (Wildman–Crippen MR) is 100 cm³/mol. The van der Waals surface area contributed by atoms with E-state index in [0.29, 0.717) is 29.1 Å². The molecule has 0 aliphatic rings. The van der Waals surface area contributed by atoms with Gasteiger partial charge in [0.1, 0.15) is 5.69 Å². The number of esters is 1. The third-order valence-electron chi connectivity index (χ3n) is 3.72. The highest BCUT2D eigenvalue weighted by molar-refractivity contribution is 6.01. The molecule has 0 aliphatic heterocycles. The molecule has 1 rings (SSSR count). The van der Waals surface area contributed by atoms with Gasteiger partial charge in [-0.3, -0.25) is 9.59 Å². The van der Waals surface area contributed by atoms with Crippen molar-refractivity contribution in [2.45, 2.75) is 67.0 Å². The van der Waals surface area contributed by atoms with Crippen LogP contribution in [0.3, 0.4) is 0 Å². The summed E-state index contributed by atoms with van der Waals surface area (Å²) in [4.78, 5) is 41.7. The van der Waals surface area contributed by atoms with Gasteiger partial charge in [-0.25, -0.2) is 4.79 Å². The zero-order valence-corrected chi connectivity index (χ0v) is 17.1. The molecule has 0 saturated heterocycles. The van der Waals surface area contributed by atoms with Crippen LogP contribution in [0.5, 0.6) is 0 Å². The highest BCUT2D eigenvalue weighted by Gasteiger charge is 2.27. The lowest BCUT2D eigenvalue weighted by atomic mass is 10.1. The van der Waals surface area contributed by atoms with Gasteiger partial charge in [-0.15, -0.1) is 0 Å². The third-order valence-corrected chi connectivity index (χ3v) is 3.72. The van der Waals surface area contributed by atoms with Crippen LogP contribution in [0.4, 0.5) is 0 Å². The zero-order chi connectivity index (χ0) is 20.2. The number of likely N-dealkylation sites (N-methyl/N-ethyl adjacent to an activating group) is 1. The van der Waals surface area contributed by atoms with E-state index in [-0.39, 0.29) is 30.0 Å². The van der Waals surface area contributed by atoms with Gasteiger partial charge >= 0.3 is 5.97 Å². The Hall–Kier alpha value is -2.31. The van der Waals surface area contributed by atoms with Crippen LogP contribution in [0, 0.1) is 13.8 Å². The number of H-pyrrole nitrogens is 1. The van der Waals surface area contributed by atoms with Gasteiger partial charge in [0.15, 0.2) is 0 Å². The molecule has 0 aromatic carbocycles. The number of nitrogens with zero attached hydrogens (tertiary/aromatic N) is 1. The number of nitrogens with one attached hydrogen (secondary N) is 2. The third kappa shape index (κ3) is 5.61. The highest BCUT2D eigenvalue weighted by atomic mass is 16.5. The Morgan fingerprint density at radius 3 is 2.23 bits per heavy atom. The minimum absolute atomic E-state index is 0.0457. The number of carbonyl (C=O) groups excluding carboxylic acids is 3. The average Bonchev–Trinajstić information content (AvgIpc) is 2.76. The second kappa shape index (κ2) is 8.38. The van der Waals surface area contributed by atoms with Gasteiger partial charge in [-0.2, -0.15) is 0 Å². The predicted octanol–water partition coefficient (Wildman–Crippen LogP) is 2.57. The summed E-state index contributed by atoms with van der Waals surface area (Å²) in [5.41, 5.74) is 1.42. The number of aromatic amines is 1. The zero-order valence-electron chi connectivity index (χ0n) is 17.1. The molecule has 1 aromatic rings. The summed E-state index contributed by atoms with van der Waals surface area (Å²) >= 11 is 0. The van der Waals surface area contributed by atoms with Crippen LogP contribution >= 0.6 is 0 Å². The fourth-order valence-corrected chi connectivity index (χ4v) is 2.66. The first-order chi connectivity index (χ1) is 11.9.